The Hall–Kier alpha value is -3.22. The number of hydrogen-bond acceptors (Lipinski definition) is 5. The fourth-order valence-electron chi connectivity index (χ4n) is 3.26. The van der Waals surface area contributed by atoms with Crippen LogP contribution in [0.25, 0.3) is 0 Å². The summed E-state index contributed by atoms with van der Waals surface area (Å²) >= 11 is 0. The summed E-state index contributed by atoms with van der Waals surface area (Å²) in [5, 5.41) is 11.2. The van der Waals surface area contributed by atoms with E-state index in [4.69, 9.17) is 4.42 Å². The Kier molecular flexibility index (Phi) is 5.06. The quantitative estimate of drug-likeness (QED) is 0.732. The number of benzene rings is 2. The molecule has 2 heterocycles. The van der Waals surface area contributed by atoms with Crippen molar-refractivity contribution in [1.29, 1.82) is 0 Å². The molecule has 0 bridgehead atoms. The van der Waals surface area contributed by atoms with Gasteiger partial charge in [-0.1, -0.05) is 41.5 Å². The number of anilines is 1. The lowest BCUT2D eigenvalue weighted by Gasteiger charge is -2.16. The highest BCUT2D eigenvalue weighted by Gasteiger charge is 2.26. The normalized spacial score (nSPS) is 14.9. The Balaban J connectivity index is 1.62. The van der Waals surface area contributed by atoms with Gasteiger partial charge in [0.05, 0.1) is 0 Å². The van der Waals surface area contributed by atoms with Crippen molar-refractivity contribution < 1.29 is 13.6 Å². The Labute approximate surface area is 162 Å². The molecule has 3 aromatic rings. The van der Waals surface area contributed by atoms with Gasteiger partial charge in [-0.3, -0.25) is 4.79 Å². The van der Waals surface area contributed by atoms with Crippen LogP contribution in [0.3, 0.4) is 0 Å². The number of amides is 1. The smallest absolute Gasteiger partial charge is 0.318 e. The average molecular weight is 380 g/mol. The number of hydrogen-bond donors (Lipinski definition) is 1. The van der Waals surface area contributed by atoms with Crippen LogP contribution in [-0.4, -0.2) is 29.2 Å². The molecule has 1 aromatic heterocycles. The minimum atomic E-state index is -0.623. The molecule has 2 aromatic carbocycles. The predicted molar refractivity (Wildman–Crippen MR) is 103 cm³/mol. The van der Waals surface area contributed by atoms with Crippen molar-refractivity contribution in [3.63, 3.8) is 0 Å². The van der Waals surface area contributed by atoms with E-state index < -0.39 is 17.8 Å². The van der Waals surface area contributed by atoms with Gasteiger partial charge in [-0.05, 0) is 43.0 Å². The van der Waals surface area contributed by atoms with Crippen LogP contribution < -0.4 is 10.2 Å². The summed E-state index contributed by atoms with van der Waals surface area (Å²) in [6.07, 6.45) is 2.19. The highest BCUT2D eigenvalue weighted by atomic mass is 19.1. The van der Waals surface area contributed by atoms with Crippen molar-refractivity contribution in [2.45, 2.75) is 25.8 Å². The van der Waals surface area contributed by atoms with E-state index in [0.29, 0.717) is 17.5 Å². The molecule has 4 rings (SSSR count). The molecule has 0 unspecified atom stereocenters. The zero-order valence-corrected chi connectivity index (χ0v) is 15.6. The maximum atomic E-state index is 13.9. The molecule has 0 aliphatic carbocycles. The zero-order chi connectivity index (χ0) is 19.5. The first-order chi connectivity index (χ1) is 13.6. The number of halogens is 1. The Morgan fingerprint density at radius 2 is 1.89 bits per heavy atom. The number of carbonyl (C=O) groups is 1. The van der Waals surface area contributed by atoms with Gasteiger partial charge in [-0.2, -0.15) is 0 Å². The van der Waals surface area contributed by atoms with E-state index in [2.05, 4.69) is 15.5 Å². The van der Waals surface area contributed by atoms with E-state index in [1.54, 1.807) is 19.1 Å². The van der Waals surface area contributed by atoms with Crippen LogP contribution in [0.2, 0.25) is 0 Å². The summed E-state index contributed by atoms with van der Waals surface area (Å²) in [4.78, 5) is 14.8. The third-order valence-corrected chi connectivity index (χ3v) is 4.90. The van der Waals surface area contributed by atoms with Crippen molar-refractivity contribution >= 4 is 11.9 Å². The Bertz CT molecular complexity index is 968. The van der Waals surface area contributed by atoms with Gasteiger partial charge in [-0.15, -0.1) is 5.10 Å². The lowest BCUT2D eigenvalue weighted by atomic mass is 10.1. The third kappa shape index (κ3) is 3.74. The summed E-state index contributed by atoms with van der Waals surface area (Å²) in [6, 6.07) is 13.6. The molecule has 0 saturated carbocycles. The Morgan fingerprint density at radius 1 is 1.14 bits per heavy atom. The van der Waals surface area contributed by atoms with Crippen LogP contribution in [0, 0.1) is 12.7 Å². The van der Waals surface area contributed by atoms with Gasteiger partial charge in [0, 0.05) is 18.7 Å². The molecule has 1 amide bonds. The van der Waals surface area contributed by atoms with E-state index in [1.807, 2.05) is 35.2 Å². The van der Waals surface area contributed by atoms with Crippen LogP contribution in [0.1, 0.15) is 46.3 Å². The number of nitrogens with one attached hydrogen (secondary N) is 1. The van der Waals surface area contributed by atoms with Gasteiger partial charge < -0.3 is 14.6 Å². The molecule has 1 N–H and O–H groups in total. The second-order valence-corrected chi connectivity index (χ2v) is 6.90. The van der Waals surface area contributed by atoms with Crippen molar-refractivity contribution in [2.24, 2.45) is 0 Å². The van der Waals surface area contributed by atoms with E-state index in [9.17, 15) is 9.18 Å². The highest BCUT2D eigenvalue weighted by molar-refractivity contribution is 5.94. The van der Waals surface area contributed by atoms with Crippen molar-refractivity contribution in [1.82, 2.24) is 15.5 Å². The van der Waals surface area contributed by atoms with Crippen LogP contribution in [-0.2, 0) is 0 Å². The molecule has 1 atom stereocenters. The van der Waals surface area contributed by atoms with E-state index >= 15 is 0 Å². The first-order valence-electron chi connectivity index (χ1n) is 9.32. The monoisotopic (exact) mass is 380 g/mol. The maximum Gasteiger partial charge on any atom is 0.318 e. The van der Waals surface area contributed by atoms with Crippen molar-refractivity contribution in [2.75, 3.05) is 18.0 Å². The molecule has 144 valence electrons. The Morgan fingerprint density at radius 3 is 2.61 bits per heavy atom. The third-order valence-electron chi connectivity index (χ3n) is 4.90. The molecule has 1 fully saturated rings. The first kappa shape index (κ1) is 18.2. The molecule has 1 aliphatic rings. The second-order valence-electron chi connectivity index (χ2n) is 6.90. The molecular formula is C21H21FN4O2. The molecule has 7 heteroatoms. The molecule has 0 spiro atoms. The molecular weight excluding hydrogens is 359 g/mol. The van der Waals surface area contributed by atoms with Crippen molar-refractivity contribution in [3.05, 3.63) is 76.9 Å². The van der Waals surface area contributed by atoms with Crippen LogP contribution in [0.5, 0.6) is 0 Å². The zero-order valence-electron chi connectivity index (χ0n) is 15.6. The summed E-state index contributed by atoms with van der Waals surface area (Å²) in [7, 11) is 0. The van der Waals surface area contributed by atoms with Gasteiger partial charge in [0.1, 0.15) is 11.9 Å². The van der Waals surface area contributed by atoms with Crippen molar-refractivity contribution in [3.8, 4) is 0 Å². The SMILES string of the molecule is Cc1ccc(C(=O)N[C@H](c2ccccc2)c2nnc(N3CCCC3)o2)cc1F. The number of nitrogens with zero attached hydrogens (tertiary/aromatic N) is 3. The second kappa shape index (κ2) is 7.80. The summed E-state index contributed by atoms with van der Waals surface area (Å²) < 4.78 is 19.8. The van der Waals surface area contributed by atoms with Crippen LogP contribution in [0.15, 0.2) is 52.9 Å². The minimum absolute atomic E-state index is 0.239. The first-order valence-corrected chi connectivity index (χ1v) is 9.32. The topological polar surface area (TPSA) is 71.3 Å². The van der Waals surface area contributed by atoms with Gasteiger partial charge in [0.25, 0.3) is 5.91 Å². The van der Waals surface area contributed by atoms with Gasteiger partial charge in [0.15, 0.2) is 0 Å². The highest BCUT2D eigenvalue weighted by Crippen LogP contribution is 2.26. The minimum Gasteiger partial charge on any atom is -0.405 e. The number of aryl methyl sites for hydroxylation is 1. The van der Waals surface area contributed by atoms with Gasteiger partial charge in [0.2, 0.25) is 5.89 Å². The molecule has 1 saturated heterocycles. The summed E-state index contributed by atoms with van der Waals surface area (Å²) in [6.45, 7) is 3.42. The summed E-state index contributed by atoms with van der Waals surface area (Å²) in [5.41, 5.74) is 1.53. The van der Waals surface area contributed by atoms with E-state index in [1.165, 1.54) is 6.07 Å². The fraction of sp³-hybridized carbons (Fsp3) is 0.286. The number of carbonyl (C=O) groups excluding carboxylic acids is 1. The maximum absolute atomic E-state index is 13.9. The number of rotatable bonds is 5. The molecule has 6 nitrogen and oxygen atoms in total. The molecule has 28 heavy (non-hydrogen) atoms. The molecule has 0 radical (unpaired) electrons. The average Bonchev–Trinajstić information content (AvgIpc) is 3.40. The fourth-order valence-corrected chi connectivity index (χ4v) is 3.26. The van der Waals surface area contributed by atoms with Crippen LogP contribution >= 0.6 is 0 Å². The van der Waals surface area contributed by atoms with Crippen LogP contribution in [0.4, 0.5) is 10.4 Å². The van der Waals surface area contributed by atoms with E-state index in [0.717, 1.165) is 31.5 Å². The number of aromatic nitrogens is 2. The van der Waals surface area contributed by atoms with Gasteiger partial charge in [-0.25, -0.2) is 4.39 Å². The summed E-state index contributed by atoms with van der Waals surface area (Å²) in [5.74, 6) is -0.527. The predicted octanol–water partition coefficient (Wildman–Crippen LogP) is 3.64. The lowest BCUT2D eigenvalue weighted by Crippen LogP contribution is -2.29. The van der Waals surface area contributed by atoms with E-state index in [-0.39, 0.29) is 5.56 Å². The lowest BCUT2D eigenvalue weighted by molar-refractivity contribution is 0.0937. The largest absolute Gasteiger partial charge is 0.405 e. The molecule has 1 aliphatic heterocycles. The van der Waals surface area contributed by atoms with Gasteiger partial charge >= 0.3 is 6.01 Å². The standard InChI is InChI=1S/C21H21FN4O2/c1-14-9-10-16(13-17(14)22)19(27)23-18(15-7-3-2-4-8-15)20-24-25-21(28-20)26-11-5-6-12-26/h2-4,7-10,13,18H,5-6,11-12H2,1H3,(H,23,27)/t18-/m1/s1.